The van der Waals surface area contributed by atoms with Gasteiger partial charge < -0.3 is 14.0 Å². The summed E-state index contributed by atoms with van der Waals surface area (Å²) in [5, 5.41) is 0. The lowest BCUT2D eigenvalue weighted by atomic mass is 10.1. The van der Waals surface area contributed by atoms with Gasteiger partial charge in [-0.2, -0.15) is 0 Å². The molecule has 2 aromatic rings. The molecule has 1 amide bonds. The maximum absolute atomic E-state index is 12.3. The standard InChI is InChI=1S/C13H15N3O2.2C2H6/c1-9-5-12-14-3-4-15(12)8-11(9)13(17)16-6-10(7-16)18-2;2*1-2/h3-5,8,10H,6-7H2,1-2H3;2*1-2H3. The van der Waals surface area contributed by atoms with E-state index < -0.39 is 0 Å². The summed E-state index contributed by atoms with van der Waals surface area (Å²) in [5.41, 5.74) is 2.55. The second-order valence-electron chi connectivity index (χ2n) is 4.63. The number of amides is 1. The van der Waals surface area contributed by atoms with Gasteiger partial charge in [-0.3, -0.25) is 4.79 Å². The van der Waals surface area contributed by atoms with E-state index in [9.17, 15) is 4.79 Å². The lowest BCUT2D eigenvalue weighted by Gasteiger charge is -2.38. The van der Waals surface area contributed by atoms with Crippen molar-refractivity contribution in [2.75, 3.05) is 20.2 Å². The Bertz CT molecular complexity index is 601. The number of fused-ring (bicyclic) bond motifs is 1. The Balaban J connectivity index is 0.000000561. The summed E-state index contributed by atoms with van der Waals surface area (Å²) in [7, 11) is 1.68. The van der Waals surface area contributed by atoms with Gasteiger partial charge in [0.25, 0.3) is 5.91 Å². The number of methoxy groups -OCH3 is 1. The smallest absolute Gasteiger partial charge is 0.255 e. The van der Waals surface area contributed by atoms with Crippen LogP contribution in [0.1, 0.15) is 43.6 Å². The number of hydrogen-bond donors (Lipinski definition) is 0. The number of pyridine rings is 1. The first-order chi connectivity index (χ1) is 10.7. The number of aromatic nitrogens is 2. The van der Waals surface area contributed by atoms with Crippen molar-refractivity contribution in [1.29, 1.82) is 0 Å². The van der Waals surface area contributed by atoms with Crippen LogP contribution in [0.25, 0.3) is 5.65 Å². The predicted molar refractivity (Wildman–Crippen MR) is 89.3 cm³/mol. The molecule has 0 spiro atoms. The third-order valence-electron chi connectivity index (χ3n) is 3.44. The quantitative estimate of drug-likeness (QED) is 0.856. The fourth-order valence-electron chi connectivity index (χ4n) is 2.21. The van der Waals surface area contributed by atoms with Gasteiger partial charge >= 0.3 is 0 Å². The van der Waals surface area contributed by atoms with E-state index in [0.29, 0.717) is 13.1 Å². The number of ether oxygens (including phenoxy) is 1. The van der Waals surface area contributed by atoms with Crippen LogP contribution in [0, 0.1) is 6.92 Å². The topological polar surface area (TPSA) is 46.8 Å². The number of hydrogen-bond acceptors (Lipinski definition) is 3. The SMILES string of the molecule is CC.CC.COC1CN(C(=O)c2cn3ccnc3cc2C)C1. The summed E-state index contributed by atoms with van der Waals surface area (Å²) >= 11 is 0. The summed E-state index contributed by atoms with van der Waals surface area (Å²) in [4.78, 5) is 18.3. The predicted octanol–water partition coefficient (Wildman–Crippen LogP) is 3.17. The molecule has 1 fully saturated rings. The lowest BCUT2D eigenvalue weighted by Crippen LogP contribution is -2.54. The average Bonchev–Trinajstić information content (AvgIpc) is 2.96. The minimum atomic E-state index is 0.0661. The van der Waals surface area contributed by atoms with Crippen LogP contribution in [0.15, 0.2) is 24.7 Å². The number of nitrogens with zero attached hydrogens (tertiary/aromatic N) is 3. The van der Waals surface area contributed by atoms with Crippen molar-refractivity contribution in [3.63, 3.8) is 0 Å². The molecule has 1 saturated heterocycles. The van der Waals surface area contributed by atoms with Gasteiger partial charge in [-0.05, 0) is 18.6 Å². The molecule has 1 aliphatic heterocycles. The molecule has 0 radical (unpaired) electrons. The molecule has 3 heterocycles. The van der Waals surface area contributed by atoms with E-state index >= 15 is 0 Å². The molecule has 0 N–H and O–H groups in total. The van der Waals surface area contributed by atoms with Crippen LogP contribution in [0.4, 0.5) is 0 Å². The van der Waals surface area contributed by atoms with E-state index in [1.165, 1.54) is 0 Å². The number of likely N-dealkylation sites (tertiary alicyclic amines) is 1. The van der Waals surface area contributed by atoms with Gasteiger partial charge in [0.1, 0.15) is 5.65 Å². The molecule has 0 aliphatic carbocycles. The fourth-order valence-corrected chi connectivity index (χ4v) is 2.21. The molecule has 5 nitrogen and oxygen atoms in total. The zero-order valence-corrected chi connectivity index (χ0v) is 14.5. The van der Waals surface area contributed by atoms with Gasteiger partial charge in [-0.15, -0.1) is 0 Å². The number of carbonyl (C=O) groups excluding carboxylic acids is 1. The van der Waals surface area contributed by atoms with Crippen LogP contribution in [0.2, 0.25) is 0 Å². The van der Waals surface area contributed by atoms with Crippen LogP contribution >= 0.6 is 0 Å². The number of carbonyl (C=O) groups is 1. The Hall–Kier alpha value is -1.88. The Morgan fingerprint density at radius 3 is 2.50 bits per heavy atom. The molecule has 1 aliphatic rings. The zero-order valence-electron chi connectivity index (χ0n) is 14.5. The van der Waals surface area contributed by atoms with Crippen LogP contribution < -0.4 is 0 Å². The van der Waals surface area contributed by atoms with Crippen molar-refractivity contribution in [3.05, 3.63) is 35.8 Å². The molecule has 0 saturated carbocycles. The highest BCUT2D eigenvalue weighted by Gasteiger charge is 2.31. The Morgan fingerprint density at radius 2 is 1.91 bits per heavy atom. The maximum atomic E-state index is 12.3. The maximum Gasteiger partial charge on any atom is 0.255 e. The molecule has 2 aromatic heterocycles. The normalized spacial score (nSPS) is 13.6. The molecule has 122 valence electrons. The van der Waals surface area contributed by atoms with E-state index in [1.807, 2.05) is 57.5 Å². The zero-order chi connectivity index (χ0) is 16.7. The number of imidazole rings is 1. The Kier molecular flexibility index (Phi) is 7.05. The van der Waals surface area contributed by atoms with Gasteiger partial charge in [-0.1, -0.05) is 27.7 Å². The van der Waals surface area contributed by atoms with Crippen molar-refractivity contribution in [3.8, 4) is 0 Å². The average molecular weight is 305 g/mol. The van der Waals surface area contributed by atoms with Gasteiger partial charge in [0.15, 0.2) is 0 Å². The fraction of sp³-hybridized carbons (Fsp3) is 0.529. The molecule has 0 atom stereocenters. The van der Waals surface area contributed by atoms with E-state index in [2.05, 4.69) is 4.98 Å². The number of rotatable bonds is 2. The van der Waals surface area contributed by atoms with E-state index in [1.54, 1.807) is 18.2 Å². The third kappa shape index (κ3) is 3.65. The van der Waals surface area contributed by atoms with Crippen LogP contribution in [0.5, 0.6) is 0 Å². The van der Waals surface area contributed by atoms with Gasteiger partial charge in [0.05, 0.1) is 11.7 Å². The molecule has 3 rings (SSSR count). The van der Waals surface area contributed by atoms with E-state index in [-0.39, 0.29) is 12.0 Å². The second-order valence-corrected chi connectivity index (χ2v) is 4.63. The molecular weight excluding hydrogens is 278 g/mol. The molecular formula is C17H27N3O2. The minimum absolute atomic E-state index is 0.0661. The van der Waals surface area contributed by atoms with E-state index in [4.69, 9.17) is 4.74 Å². The molecule has 0 bridgehead atoms. The third-order valence-corrected chi connectivity index (χ3v) is 3.44. The first-order valence-electron chi connectivity index (χ1n) is 7.94. The van der Waals surface area contributed by atoms with Gasteiger partial charge in [0.2, 0.25) is 0 Å². The highest BCUT2D eigenvalue weighted by molar-refractivity contribution is 5.96. The monoisotopic (exact) mass is 305 g/mol. The summed E-state index contributed by atoms with van der Waals surface area (Å²) in [6.07, 6.45) is 5.61. The first kappa shape index (κ1) is 18.2. The highest BCUT2D eigenvalue weighted by Crippen LogP contribution is 2.18. The number of aryl methyl sites for hydroxylation is 1. The minimum Gasteiger partial charge on any atom is -0.378 e. The molecule has 5 heteroatoms. The highest BCUT2D eigenvalue weighted by atomic mass is 16.5. The van der Waals surface area contributed by atoms with Crippen molar-refractivity contribution in [1.82, 2.24) is 14.3 Å². The summed E-state index contributed by atoms with van der Waals surface area (Å²) in [5.74, 6) is 0.0661. The Labute approximate surface area is 132 Å². The van der Waals surface area contributed by atoms with Crippen LogP contribution in [0.3, 0.4) is 0 Å². The summed E-state index contributed by atoms with van der Waals surface area (Å²) in [6.45, 7) is 11.3. The molecule has 0 unspecified atom stereocenters. The lowest BCUT2D eigenvalue weighted by molar-refractivity contribution is -0.0192. The summed E-state index contributed by atoms with van der Waals surface area (Å²) < 4.78 is 7.05. The van der Waals surface area contributed by atoms with Crippen LogP contribution in [-0.2, 0) is 4.74 Å². The molecule has 0 aromatic carbocycles. The van der Waals surface area contributed by atoms with Gasteiger partial charge in [-0.25, -0.2) is 4.98 Å². The largest absolute Gasteiger partial charge is 0.378 e. The van der Waals surface area contributed by atoms with Crippen molar-refractivity contribution in [2.24, 2.45) is 0 Å². The van der Waals surface area contributed by atoms with Crippen molar-refractivity contribution >= 4 is 11.6 Å². The van der Waals surface area contributed by atoms with Gasteiger partial charge in [0, 0.05) is 38.8 Å². The van der Waals surface area contributed by atoms with Crippen molar-refractivity contribution < 1.29 is 9.53 Å². The first-order valence-corrected chi connectivity index (χ1v) is 7.94. The summed E-state index contributed by atoms with van der Waals surface area (Å²) in [6, 6.07) is 1.93. The van der Waals surface area contributed by atoms with E-state index in [0.717, 1.165) is 16.8 Å². The molecule has 22 heavy (non-hydrogen) atoms. The Morgan fingerprint density at radius 1 is 1.27 bits per heavy atom. The van der Waals surface area contributed by atoms with Crippen molar-refractivity contribution in [2.45, 2.75) is 40.7 Å². The van der Waals surface area contributed by atoms with Crippen LogP contribution in [-0.4, -0.2) is 46.5 Å². The second kappa shape index (κ2) is 8.54.